The molecule has 2 aliphatic heterocycles. The van der Waals surface area contributed by atoms with Crippen LogP contribution in [0.4, 0.5) is 10.5 Å². The third-order valence-electron chi connectivity index (χ3n) is 5.36. The van der Waals surface area contributed by atoms with Gasteiger partial charge in [-0.3, -0.25) is 14.5 Å². The van der Waals surface area contributed by atoms with Crippen LogP contribution in [0.15, 0.2) is 17.0 Å². The number of hydrogen-bond donors (Lipinski definition) is 0. The molecule has 2 heterocycles. The van der Waals surface area contributed by atoms with E-state index in [1.807, 2.05) is 6.08 Å². The molecule has 0 bridgehead atoms. The number of rotatable bonds is 2. The molecule has 5 heteroatoms. The number of fused-ring (bicyclic) bond motifs is 1. The first kappa shape index (κ1) is 18.1. The summed E-state index contributed by atoms with van der Waals surface area (Å²) in [6.45, 7) is 12.1. The van der Waals surface area contributed by atoms with Gasteiger partial charge in [-0.15, -0.1) is 0 Å². The molecule has 1 aromatic rings. The lowest BCUT2D eigenvalue weighted by atomic mass is 9.79. The Morgan fingerprint density at radius 2 is 2.00 bits per heavy atom. The number of thioether (sulfide) groups is 1. The normalized spacial score (nSPS) is 24.2. The fraction of sp³-hybridized carbons (Fsp3) is 0.500. The fourth-order valence-electron chi connectivity index (χ4n) is 4.09. The first-order valence-corrected chi connectivity index (χ1v) is 9.61. The lowest BCUT2D eigenvalue weighted by Gasteiger charge is -2.47. The van der Waals surface area contributed by atoms with E-state index in [0.29, 0.717) is 10.8 Å². The molecule has 1 fully saturated rings. The summed E-state index contributed by atoms with van der Waals surface area (Å²) < 4.78 is 0. The van der Waals surface area contributed by atoms with Crippen molar-refractivity contribution in [2.24, 2.45) is 0 Å². The van der Waals surface area contributed by atoms with Gasteiger partial charge in [-0.25, -0.2) is 0 Å². The summed E-state index contributed by atoms with van der Waals surface area (Å²) >= 11 is 1.02. The molecule has 1 saturated heterocycles. The van der Waals surface area contributed by atoms with E-state index in [-0.39, 0.29) is 16.7 Å². The van der Waals surface area contributed by atoms with Crippen molar-refractivity contribution < 1.29 is 9.59 Å². The zero-order valence-electron chi connectivity index (χ0n) is 15.8. The third-order valence-corrected chi connectivity index (χ3v) is 6.32. The van der Waals surface area contributed by atoms with Crippen LogP contribution in [0.1, 0.15) is 56.7 Å². The monoisotopic (exact) mass is 358 g/mol. The van der Waals surface area contributed by atoms with E-state index in [0.717, 1.165) is 35.9 Å². The average molecular weight is 359 g/mol. The van der Waals surface area contributed by atoms with Gasteiger partial charge in [0.25, 0.3) is 11.1 Å². The maximum absolute atomic E-state index is 12.2. The van der Waals surface area contributed by atoms with Gasteiger partial charge in [0.2, 0.25) is 0 Å². The maximum Gasteiger partial charge on any atom is 0.293 e. The average Bonchev–Trinajstić information content (AvgIpc) is 2.75. The number of likely N-dealkylation sites (N-methyl/N-ethyl adjacent to an activating group) is 1. The van der Waals surface area contributed by atoms with E-state index in [1.54, 1.807) is 0 Å². The Balaban J connectivity index is 2.07. The second kappa shape index (κ2) is 6.20. The molecule has 1 atom stereocenters. The van der Waals surface area contributed by atoms with Gasteiger partial charge in [0.1, 0.15) is 0 Å². The van der Waals surface area contributed by atoms with Crippen molar-refractivity contribution in [2.45, 2.75) is 52.5 Å². The third kappa shape index (κ3) is 2.99. The predicted octanol–water partition coefficient (Wildman–Crippen LogP) is 4.77. The van der Waals surface area contributed by atoms with E-state index in [1.165, 1.54) is 23.2 Å². The van der Waals surface area contributed by atoms with Crippen LogP contribution in [-0.2, 0) is 4.79 Å². The fourth-order valence-corrected chi connectivity index (χ4v) is 4.91. The summed E-state index contributed by atoms with van der Waals surface area (Å²) in [7, 11) is 1.53. The number of benzene rings is 1. The topological polar surface area (TPSA) is 40.6 Å². The summed E-state index contributed by atoms with van der Waals surface area (Å²) in [6.07, 6.45) is 2.97. The van der Waals surface area contributed by atoms with Crippen LogP contribution in [0.3, 0.4) is 0 Å². The number of hydrogen-bond acceptors (Lipinski definition) is 4. The summed E-state index contributed by atoms with van der Waals surface area (Å²) in [6, 6.07) is 4.44. The Labute approximate surface area is 154 Å². The van der Waals surface area contributed by atoms with Crippen molar-refractivity contribution in [2.75, 3.05) is 18.5 Å². The van der Waals surface area contributed by atoms with Crippen molar-refractivity contribution >= 4 is 34.7 Å². The van der Waals surface area contributed by atoms with Gasteiger partial charge in [-0.1, -0.05) is 6.92 Å². The molecule has 2 amide bonds. The van der Waals surface area contributed by atoms with E-state index in [4.69, 9.17) is 0 Å². The highest BCUT2D eigenvalue weighted by Crippen LogP contribution is 2.44. The first-order valence-electron chi connectivity index (χ1n) is 8.79. The number of nitrogens with zero attached hydrogens (tertiary/aromatic N) is 2. The Bertz CT molecular complexity index is 782. The van der Waals surface area contributed by atoms with Gasteiger partial charge in [-0.05, 0) is 86.7 Å². The molecular formula is C20H26N2O2S. The van der Waals surface area contributed by atoms with Crippen molar-refractivity contribution in [1.29, 1.82) is 0 Å². The smallest absolute Gasteiger partial charge is 0.293 e. The Kier molecular flexibility index (Phi) is 4.48. The molecule has 134 valence electrons. The molecule has 25 heavy (non-hydrogen) atoms. The zero-order valence-corrected chi connectivity index (χ0v) is 16.7. The van der Waals surface area contributed by atoms with Crippen LogP contribution in [0.2, 0.25) is 0 Å². The predicted molar refractivity (Wildman–Crippen MR) is 105 cm³/mol. The second-order valence-corrected chi connectivity index (χ2v) is 8.66. The van der Waals surface area contributed by atoms with Crippen LogP contribution in [0, 0.1) is 6.92 Å². The number of carbonyl (C=O) groups excluding carboxylic acids is 2. The van der Waals surface area contributed by atoms with E-state index >= 15 is 0 Å². The van der Waals surface area contributed by atoms with Crippen molar-refractivity contribution in [3.63, 3.8) is 0 Å². The van der Waals surface area contributed by atoms with Crippen LogP contribution in [0.25, 0.3) is 6.08 Å². The number of aryl methyl sites for hydroxylation is 1. The van der Waals surface area contributed by atoms with E-state index < -0.39 is 0 Å². The van der Waals surface area contributed by atoms with Gasteiger partial charge >= 0.3 is 0 Å². The van der Waals surface area contributed by atoms with Crippen LogP contribution in [-0.4, -0.2) is 35.2 Å². The summed E-state index contributed by atoms with van der Waals surface area (Å²) in [5, 5.41) is -0.209. The molecule has 0 N–H and O–H groups in total. The SMILES string of the molecule is CCN1c2cc(C)c(/C=C3/SC(=O)N(C)C3=O)cc2[C@@H](C)CC1(C)C. The summed E-state index contributed by atoms with van der Waals surface area (Å²) in [5.74, 6) is 0.248. The Hall–Kier alpha value is -1.75. The largest absolute Gasteiger partial charge is 0.366 e. The highest BCUT2D eigenvalue weighted by Gasteiger charge is 2.36. The van der Waals surface area contributed by atoms with Crippen molar-refractivity contribution in [1.82, 2.24) is 4.90 Å². The molecule has 0 spiro atoms. The molecule has 0 radical (unpaired) electrons. The number of imide groups is 1. The Morgan fingerprint density at radius 1 is 1.32 bits per heavy atom. The molecule has 2 aliphatic rings. The van der Waals surface area contributed by atoms with E-state index in [9.17, 15) is 9.59 Å². The highest BCUT2D eigenvalue weighted by atomic mass is 32.2. The summed E-state index contributed by atoms with van der Waals surface area (Å²) in [4.78, 5) is 28.1. The second-order valence-electron chi connectivity index (χ2n) is 7.67. The van der Waals surface area contributed by atoms with Crippen molar-refractivity contribution in [3.05, 3.63) is 33.7 Å². The highest BCUT2D eigenvalue weighted by molar-refractivity contribution is 8.18. The standard InChI is InChI=1S/C20H26N2O2S/c1-7-22-16-8-12(2)14(9-15(16)13(3)11-20(22,4)5)10-17-18(23)21(6)19(24)25-17/h8-10,13H,7,11H2,1-6H3/b17-10+/t13-/m0/s1. The van der Waals surface area contributed by atoms with Crippen LogP contribution < -0.4 is 4.90 Å². The lowest BCUT2D eigenvalue weighted by Crippen LogP contribution is -2.48. The number of carbonyl (C=O) groups is 2. The molecule has 0 aromatic heterocycles. The van der Waals surface area contributed by atoms with Gasteiger partial charge in [0.15, 0.2) is 0 Å². The molecule has 3 rings (SSSR count). The number of anilines is 1. The quantitative estimate of drug-likeness (QED) is 0.714. The zero-order chi connectivity index (χ0) is 18.5. The Morgan fingerprint density at radius 3 is 2.56 bits per heavy atom. The van der Waals surface area contributed by atoms with Gasteiger partial charge in [-0.2, -0.15) is 0 Å². The minimum atomic E-state index is -0.212. The molecule has 0 aliphatic carbocycles. The van der Waals surface area contributed by atoms with Gasteiger partial charge in [0, 0.05) is 24.8 Å². The van der Waals surface area contributed by atoms with Crippen LogP contribution in [0.5, 0.6) is 0 Å². The number of amides is 2. The molecule has 0 unspecified atom stereocenters. The first-order chi connectivity index (χ1) is 11.7. The lowest BCUT2D eigenvalue weighted by molar-refractivity contribution is -0.121. The van der Waals surface area contributed by atoms with Crippen molar-refractivity contribution in [3.8, 4) is 0 Å². The van der Waals surface area contributed by atoms with Gasteiger partial charge < -0.3 is 4.90 Å². The van der Waals surface area contributed by atoms with Gasteiger partial charge in [0.05, 0.1) is 4.91 Å². The molecule has 4 nitrogen and oxygen atoms in total. The van der Waals surface area contributed by atoms with E-state index in [2.05, 4.69) is 51.7 Å². The minimum absolute atomic E-state index is 0.139. The summed E-state index contributed by atoms with van der Waals surface area (Å²) in [5.41, 5.74) is 4.92. The molecular weight excluding hydrogens is 332 g/mol. The molecule has 1 aromatic carbocycles. The van der Waals surface area contributed by atoms with Crippen LogP contribution >= 0.6 is 11.8 Å². The molecule has 0 saturated carbocycles. The maximum atomic E-state index is 12.2. The minimum Gasteiger partial charge on any atom is -0.366 e.